The lowest BCUT2D eigenvalue weighted by molar-refractivity contribution is -0.115. The average molecular weight is 522 g/mol. The van der Waals surface area contributed by atoms with Crippen LogP contribution in [-0.2, 0) is 25.8 Å². The molecule has 0 spiro atoms. The van der Waals surface area contributed by atoms with Crippen molar-refractivity contribution in [2.75, 3.05) is 25.6 Å². The molecule has 0 atom stereocenters. The first-order valence-corrected chi connectivity index (χ1v) is 12.4. The number of amides is 1. The van der Waals surface area contributed by atoms with Crippen molar-refractivity contribution in [2.45, 2.75) is 23.7 Å². The Morgan fingerprint density at radius 1 is 1.15 bits per heavy atom. The minimum Gasteiger partial charge on any atom is -0.468 e. The molecule has 0 radical (unpaired) electrons. The second-order valence-corrected chi connectivity index (χ2v) is 10.4. The molecule has 3 rings (SSSR count). The Bertz CT molecular complexity index is 1220. The number of carbonyl (C=O) groups excluding carboxylic acids is 1. The van der Waals surface area contributed by atoms with Gasteiger partial charge in [-0.1, -0.05) is 23.5 Å². The van der Waals surface area contributed by atoms with E-state index in [0.29, 0.717) is 34.8 Å². The summed E-state index contributed by atoms with van der Waals surface area (Å²) < 4.78 is 71.1. The van der Waals surface area contributed by atoms with E-state index in [9.17, 15) is 26.4 Å². The van der Waals surface area contributed by atoms with Gasteiger partial charge < -0.3 is 14.8 Å². The second-order valence-electron chi connectivity index (χ2n) is 6.59. The highest BCUT2D eigenvalue weighted by atomic mass is 32.2. The number of sulfone groups is 1. The lowest BCUT2D eigenvalue weighted by Crippen LogP contribution is -2.23. The van der Waals surface area contributed by atoms with Crippen molar-refractivity contribution in [3.8, 4) is 15.8 Å². The van der Waals surface area contributed by atoms with Crippen LogP contribution in [0, 0.1) is 6.92 Å². The number of alkyl halides is 3. The van der Waals surface area contributed by atoms with Gasteiger partial charge in [-0.05, 0) is 24.6 Å². The highest BCUT2D eigenvalue weighted by Crippen LogP contribution is 2.35. The quantitative estimate of drug-likeness (QED) is 0.423. The number of halogens is 3. The number of rotatable bonds is 9. The van der Waals surface area contributed by atoms with Crippen LogP contribution in [0.2, 0.25) is 0 Å². The van der Waals surface area contributed by atoms with Crippen molar-refractivity contribution in [1.29, 1.82) is 0 Å². The first kappa shape index (κ1) is 25.1. The van der Waals surface area contributed by atoms with Crippen molar-refractivity contribution in [1.82, 2.24) is 9.97 Å². The topological polar surface area (TPSA) is 107 Å². The van der Waals surface area contributed by atoms with E-state index < -0.39 is 26.1 Å². The molecule has 33 heavy (non-hydrogen) atoms. The maximum absolute atomic E-state index is 12.6. The van der Waals surface area contributed by atoms with Gasteiger partial charge in [0.25, 0.3) is 15.0 Å². The molecule has 1 aromatic carbocycles. The standard InChI is InChI=1S/C19H18F3N3O5S3/c1-11-16(32-18(23-11)30-8-7-29-2)14-10-31-17(24-14)25-15(26)9-12-3-5-13(6-4-12)33(27,28)19(20,21)22/h3-6,10H,7-9H2,1-2H3,(H,24,25,26). The van der Waals surface area contributed by atoms with Gasteiger partial charge in [0.05, 0.1) is 34.2 Å². The molecule has 0 bridgehead atoms. The zero-order chi connectivity index (χ0) is 24.2. The van der Waals surface area contributed by atoms with Crippen LogP contribution >= 0.6 is 22.7 Å². The Balaban J connectivity index is 1.62. The van der Waals surface area contributed by atoms with Crippen LogP contribution < -0.4 is 10.1 Å². The molecular weight excluding hydrogens is 503 g/mol. The van der Waals surface area contributed by atoms with Crippen molar-refractivity contribution >= 4 is 43.5 Å². The molecular formula is C19H18F3N3O5S3. The molecule has 2 aromatic heterocycles. The van der Waals surface area contributed by atoms with Crippen molar-refractivity contribution in [3.63, 3.8) is 0 Å². The number of nitrogens with one attached hydrogen (secondary N) is 1. The van der Waals surface area contributed by atoms with Gasteiger partial charge in [-0.15, -0.1) is 11.3 Å². The van der Waals surface area contributed by atoms with Gasteiger partial charge in [0.2, 0.25) is 5.91 Å². The summed E-state index contributed by atoms with van der Waals surface area (Å²) in [5.41, 5.74) is -3.69. The van der Waals surface area contributed by atoms with Gasteiger partial charge >= 0.3 is 5.51 Å². The number of methoxy groups -OCH3 is 1. The molecule has 0 unspecified atom stereocenters. The Morgan fingerprint density at radius 2 is 1.85 bits per heavy atom. The van der Waals surface area contributed by atoms with Crippen LogP contribution in [0.1, 0.15) is 11.3 Å². The number of benzene rings is 1. The van der Waals surface area contributed by atoms with Crippen LogP contribution in [0.25, 0.3) is 10.6 Å². The van der Waals surface area contributed by atoms with Crippen LogP contribution in [0.15, 0.2) is 34.5 Å². The number of carbonyl (C=O) groups is 1. The fraction of sp³-hybridized carbons (Fsp3) is 0.316. The van der Waals surface area contributed by atoms with E-state index in [-0.39, 0.29) is 6.42 Å². The number of aryl methyl sites for hydroxylation is 1. The first-order chi connectivity index (χ1) is 15.5. The second kappa shape index (κ2) is 10.2. The molecule has 0 aliphatic heterocycles. The molecule has 14 heteroatoms. The molecule has 178 valence electrons. The predicted molar refractivity (Wildman–Crippen MR) is 117 cm³/mol. The normalized spacial score (nSPS) is 12.0. The number of aromatic nitrogens is 2. The van der Waals surface area contributed by atoms with Gasteiger partial charge in [-0.25, -0.2) is 18.4 Å². The Labute approximate surface area is 195 Å². The van der Waals surface area contributed by atoms with Gasteiger partial charge in [-0.3, -0.25) is 4.79 Å². The summed E-state index contributed by atoms with van der Waals surface area (Å²) in [6.07, 6.45) is -0.168. The Hall–Kier alpha value is -2.55. The minimum atomic E-state index is -5.43. The third-order valence-corrected chi connectivity index (χ3v) is 7.53. The van der Waals surface area contributed by atoms with Crippen molar-refractivity contribution < 1.29 is 35.9 Å². The molecule has 0 fully saturated rings. The summed E-state index contributed by atoms with van der Waals surface area (Å²) in [7, 11) is -3.86. The van der Waals surface area contributed by atoms with Crippen LogP contribution in [0.5, 0.6) is 5.19 Å². The molecule has 2 heterocycles. The molecule has 0 saturated heterocycles. The Kier molecular flexibility index (Phi) is 7.72. The van der Waals surface area contributed by atoms with Gasteiger partial charge in [0.15, 0.2) is 5.13 Å². The van der Waals surface area contributed by atoms with Crippen LogP contribution in [-0.4, -0.2) is 50.1 Å². The summed E-state index contributed by atoms with van der Waals surface area (Å²) in [5.74, 6) is -0.452. The van der Waals surface area contributed by atoms with E-state index in [0.717, 1.165) is 34.8 Å². The number of ether oxygens (including phenoxy) is 2. The minimum absolute atomic E-state index is 0.168. The lowest BCUT2D eigenvalue weighted by Gasteiger charge is -2.08. The molecule has 1 amide bonds. The number of hydrogen-bond donors (Lipinski definition) is 1. The largest absolute Gasteiger partial charge is 0.501 e. The monoisotopic (exact) mass is 521 g/mol. The maximum atomic E-state index is 12.6. The number of nitrogens with zero attached hydrogens (tertiary/aromatic N) is 2. The highest BCUT2D eigenvalue weighted by Gasteiger charge is 2.46. The van der Waals surface area contributed by atoms with Crippen molar-refractivity contribution in [3.05, 3.63) is 40.9 Å². The summed E-state index contributed by atoms with van der Waals surface area (Å²) in [5, 5.41) is 5.20. The van der Waals surface area contributed by atoms with E-state index in [1.165, 1.54) is 22.7 Å². The average Bonchev–Trinajstić information content (AvgIpc) is 3.33. The van der Waals surface area contributed by atoms with Crippen molar-refractivity contribution in [2.24, 2.45) is 0 Å². The number of thiazole rings is 2. The number of hydrogen-bond acceptors (Lipinski definition) is 9. The van der Waals surface area contributed by atoms with E-state index in [2.05, 4.69) is 15.3 Å². The molecule has 0 saturated carbocycles. The third-order valence-electron chi connectivity index (χ3n) is 4.18. The van der Waals surface area contributed by atoms with Crippen LogP contribution in [0.4, 0.5) is 18.3 Å². The molecule has 0 aliphatic rings. The van der Waals surface area contributed by atoms with E-state index >= 15 is 0 Å². The summed E-state index contributed by atoms with van der Waals surface area (Å²) in [4.78, 5) is 20.9. The fourth-order valence-electron chi connectivity index (χ4n) is 2.59. The SMILES string of the molecule is COCCOc1nc(C)c(-c2csc(NC(=O)Cc3ccc(S(=O)(=O)C(F)(F)F)cc3)n2)s1. The summed E-state index contributed by atoms with van der Waals surface area (Å²) in [6, 6.07) is 3.98. The third kappa shape index (κ3) is 6.07. The zero-order valence-corrected chi connectivity index (χ0v) is 19.8. The Morgan fingerprint density at radius 3 is 2.48 bits per heavy atom. The predicted octanol–water partition coefficient (Wildman–Crippen LogP) is 4.07. The van der Waals surface area contributed by atoms with Gasteiger partial charge in [0.1, 0.15) is 6.61 Å². The molecule has 1 N–H and O–H groups in total. The van der Waals surface area contributed by atoms with Gasteiger partial charge in [-0.2, -0.15) is 13.2 Å². The molecule has 3 aromatic rings. The highest BCUT2D eigenvalue weighted by molar-refractivity contribution is 7.92. The van der Waals surface area contributed by atoms with E-state index in [1.54, 1.807) is 12.5 Å². The van der Waals surface area contributed by atoms with E-state index in [4.69, 9.17) is 9.47 Å². The number of anilines is 1. The van der Waals surface area contributed by atoms with Crippen LogP contribution in [0.3, 0.4) is 0 Å². The van der Waals surface area contributed by atoms with E-state index in [1.807, 2.05) is 6.92 Å². The lowest BCUT2D eigenvalue weighted by atomic mass is 10.1. The molecule has 8 nitrogen and oxygen atoms in total. The maximum Gasteiger partial charge on any atom is 0.501 e. The summed E-state index contributed by atoms with van der Waals surface area (Å²) in [6.45, 7) is 2.61. The molecule has 0 aliphatic carbocycles. The first-order valence-electron chi connectivity index (χ1n) is 9.26. The van der Waals surface area contributed by atoms with Gasteiger partial charge in [0, 0.05) is 12.5 Å². The fourth-order valence-corrected chi connectivity index (χ4v) is 5.04. The summed E-state index contributed by atoms with van der Waals surface area (Å²) >= 11 is 2.52. The smallest absolute Gasteiger partial charge is 0.468 e. The zero-order valence-electron chi connectivity index (χ0n) is 17.3.